The molecule has 1 atom stereocenters. The second kappa shape index (κ2) is 10.6. The Morgan fingerprint density at radius 3 is 2.58 bits per heavy atom. The maximum absolute atomic E-state index is 9.71. The zero-order valence-corrected chi connectivity index (χ0v) is 18.5. The molecule has 4 rings (SSSR count). The van der Waals surface area contributed by atoms with Crippen molar-refractivity contribution in [3.8, 4) is 5.75 Å². The van der Waals surface area contributed by atoms with Crippen molar-refractivity contribution in [3.63, 3.8) is 0 Å². The van der Waals surface area contributed by atoms with Gasteiger partial charge < -0.3 is 15.4 Å². The van der Waals surface area contributed by atoms with E-state index in [1.165, 1.54) is 36.0 Å². The van der Waals surface area contributed by atoms with Crippen LogP contribution in [-0.2, 0) is 16.5 Å². The first-order chi connectivity index (χ1) is 14.8. The van der Waals surface area contributed by atoms with E-state index in [4.69, 9.17) is 4.55 Å². The highest BCUT2D eigenvalue weighted by Gasteiger charge is 2.15. The Labute approximate surface area is 183 Å². The van der Waals surface area contributed by atoms with Crippen molar-refractivity contribution in [1.29, 1.82) is 0 Å². The van der Waals surface area contributed by atoms with Crippen molar-refractivity contribution in [3.05, 3.63) is 71.9 Å². The summed E-state index contributed by atoms with van der Waals surface area (Å²) in [5, 5.41) is 14.5. The summed E-state index contributed by atoms with van der Waals surface area (Å²) in [5.41, 5.74) is 5.24. The summed E-state index contributed by atoms with van der Waals surface area (Å²) in [7, 11) is -3.67. The van der Waals surface area contributed by atoms with Crippen LogP contribution in [0.25, 0.3) is 16.5 Å². The van der Waals surface area contributed by atoms with E-state index in [0.717, 1.165) is 30.3 Å². The van der Waals surface area contributed by atoms with Gasteiger partial charge in [-0.1, -0.05) is 42.8 Å². The van der Waals surface area contributed by atoms with Crippen molar-refractivity contribution < 1.29 is 18.1 Å². The number of hydrogen-bond donors (Lipinski definition) is 4. The molecule has 0 saturated heterocycles. The van der Waals surface area contributed by atoms with Gasteiger partial charge in [0.05, 0.1) is 6.26 Å². The summed E-state index contributed by atoms with van der Waals surface area (Å²) in [6, 6.07) is 16.8. The molecule has 4 N–H and O–H groups in total. The van der Waals surface area contributed by atoms with Crippen LogP contribution in [0.3, 0.4) is 0 Å². The standard InChI is InChI=1S/C23H26N2O.CH4O3S/c26-21-10-11-23-22(15-21)19(16-25-23)8-4-5-9-20-14-18(12-13-24-20)17-6-2-1-3-7-17;1-5(2,3)4/h1-3,6-7,10-12,15-16,20,24-26H,4-5,8-9,13-14H2;1H3,(H,2,3,4). The Morgan fingerprint density at radius 1 is 1.10 bits per heavy atom. The van der Waals surface area contributed by atoms with Crippen LogP contribution in [0, 0.1) is 0 Å². The lowest BCUT2D eigenvalue weighted by Gasteiger charge is -2.24. The highest BCUT2D eigenvalue weighted by Crippen LogP contribution is 2.26. The van der Waals surface area contributed by atoms with Gasteiger partial charge in [0.15, 0.2) is 0 Å². The van der Waals surface area contributed by atoms with Gasteiger partial charge >= 0.3 is 0 Å². The van der Waals surface area contributed by atoms with Crippen molar-refractivity contribution in [2.24, 2.45) is 0 Å². The van der Waals surface area contributed by atoms with Crippen molar-refractivity contribution in [2.75, 3.05) is 12.8 Å². The number of H-pyrrole nitrogens is 1. The van der Waals surface area contributed by atoms with Crippen LogP contribution in [0.5, 0.6) is 5.75 Å². The average Bonchev–Trinajstić information content (AvgIpc) is 3.13. The van der Waals surface area contributed by atoms with Gasteiger partial charge in [-0.25, -0.2) is 0 Å². The fourth-order valence-corrected chi connectivity index (χ4v) is 3.94. The minimum absolute atomic E-state index is 0.338. The van der Waals surface area contributed by atoms with Gasteiger partial charge in [0.2, 0.25) is 0 Å². The minimum atomic E-state index is -3.67. The summed E-state index contributed by atoms with van der Waals surface area (Å²) in [4.78, 5) is 3.30. The van der Waals surface area contributed by atoms with E-state index in [9.17, 15) is 13.5 Å². The predicted molar refractivity (Wildman–Crippen MR) is 126 cm³/mol. The molecule has 0 spiro atoms. The molecule has 2 heterocycles. The van der Waals surface area contributed by atoms with Crippen molar-refractivity contribution >= 4 is 26.6 Å². The number of nitrogens with one attached hydrogen (secondary N) is 2. The fourth-order valence-electron chi connectivity index (χ4n) is 3.94. The summed E-state index contributed by atoms with van der Waals surface area (Å²) >= 11 is 0. The number of benzene rings is 2. The predicted octanol–water partition coefficient (Wildman–Crippen LogP) is 4.54. The number of rotatable bonds is 6. The molecule has 0 fully saturated rings. The highest BCUT2D eigenvalue weighted by molar-refractivity contribution is 7.85. The number of aromatic hydroxyl groups is 1. The zero-order valence-electron chi connectivity index (χ0n) is 17.7. The number of phenolic OH excluding ortho intramolecular Hbond substituents is 1. The number of aryl methyl sites for hydroxylation is 1. The average molecular weight is 443 g/mol. The minimum Gasteiger partial charge on any atom is -0.508 e. The first kappa shape index (κ1) is 23.1. The second-order valence-corrected chi connectivity index (χ2v) is 9.39. The lowest BCUT2D eigenvalue weighted by molar-refractivity contribution is 0.475. The summed E-state index contributed by atoms with van der Waals surface area (Å²) in [5.74, 6) is 0.338. The largest absolute Gasteiger partial charge is 0.508 e. The lowest BCUT2D eigenvalue weighted by atomic mass is 9.92. The molecule has 0 amide bonds. The number of hydrogen-bond acceptors (Lipinski definition) is 4. The second-order valence-electron chi connectivity index (χ2n) is 7.93. The molecule has 7 heteroatoms. The Balaban J connectivity index is 0.000000491. The molecule has 1 aromatic heterocycles. The van der Waals surface area contributed by atoms with Gasteiger partial charge in [-0.2, -0.15) is 8.42 Å². The third-order valence-electron chi connectivity index (χ3n) is 5.37. The van der Waals surface area contributed by atoms with Gasteiger partial charge in [-0.05, 0) is 60.6 Å². The number of aromatic amines is 1. The van der Waals surface area contributed by atoms with Gasteiger partial charge in [0.1, 0.15) is 5.75 Å². The monoisotopic (exact) mass is 442 g/mol. The topological polar surface area (TPSA) is 102 Å². The Morgan fingerprint density at radius 2 is 1.84 bits per heavy atom. The molecule has 31 heavy (non-hydrogen) atoms. The molecule has 166 valence electrons. The van der Waals surface area contributed by atoms with Crippen molar-refractivity contribution in [2.45, 2.75) is 38.1 Å². The third-order valence-corrected chi connectivity index (χ3v) is 5.37. The van der Waals surface area contributed by atoms with Gasteiger partial charge in [0.25, 0.3) is 10.1 Å². The Hall–Kier alpha value is -2.61. The van der Waals surface area contributed by atoms with Crippen LogP contribution in [0.2, 0.25) is 0 Å². The molecule has 1 aliphatic rings. The maximum Gasteiger partial charge on any atom is 0.261 e. The molecule has 0 aliphatic carbocycles. The summed E-state index contributed by atoms with van der Waals surface area (Å²) in [6.45, 7) is 0.969. The van der Waals surface area contributed by atoms with Gasteiger partial charge in [-0.15, -0.1) is 0 Å². The van der Waals surface area contributed by atoms with E-state index in [1.807, 2.05) is 12.1 Å². The van der Waals surface area contributed by atoms with Crippen LogP contribution >= 0.6 is 0 Å². The van der Waals surface area contributed by atoms with Crippen LogP contribution in [0.4, 0.5) is 0 Å². The SMILES string of the molecule is CS(=O)(=O)O.Oc1ccc2[nH]cc(CCCCC3CC(c4ccccc4)=CCN3)c2c1. The van der Waals surface area contributed by atoms with E-state index < -0.39 is 10.1 Å². The zero-order chi connectivity index (χ0) is 22.3. The lowest BCUT2D eigenvalue weighted by Crippen LogP contribution is -2.32. The number of phenols is 1. The molecule has 0 bridgehead atoms. The van der Waals surface area contributed by atoms with Crippen LogP contribution in [0.15, 0.2) is 60.8 Å². The van der Waals surface area contributed by atoms with Gasteiger partial charge in [-0.3, -0.25) is 4.55 Å². The normalized spacial score (nSPS) is 16.5. The summed E-state index contributed by atoms with van der Waals surface area (Å²) < 4.78 is 25.9. The van der Waals surface area contributed by atoms with Gasteiger partial charge in [0, 0.05) is 29.7 Å². The molecule has 0 saturated carbocycles. The van der Waals surface area contributed by atoms with Crippen LogP contribution in [0.1, 0.15) is 36.8 Å². The number of unbranched alkanes of at least 4 members (excludes halogenated alkanes) is 1. The third kappa shape index (κ3) is 7.54. The van der Waals surface area contributed by atoms with E-state index in [-0.39, 0.29) is 0 Å². The Kier molecular flexibility index (Phi) is 7.90. The van der Waals surface area contributed by atoms with E-state index in [1.54, 1.807) is 6.07 Å². The first-order valence-electron chi connectivity index (χ1n) is 10.5. The van der Waals surface area contributed by atoms with E-state index in [2.05, 4.69) is 52.9 Å². The fraction of sp³-hybridized carbons (Fsp3) is 0.333. The molecular formula is C24H30N2O4S. The summed E-state index contributed by atoms with van der Waals surface area (Å²) in [6.07, 6.45) is 10.9. The molecule has 0 radical (unpaired) electrons. The molecular weight excluding hydrogens is 412 g/mol. The molecule has 2 aromatic carbocycles. The van der Waals surface area contributed by atoms with Crippen LogP contribution < -0.4 is 5.32 Å². The van der Waals surface area contributed by atoms with E-state index >= 15 is 0 Å². The van der Waals surface area contributed by atoms with Crippen LogP contribution in [-0.4, -0.2) is 41.9 Å². The first-order valence-corrected chi connectivity index (χ1v) is 12.3. The quantitative estimate of drug-likeness (QED) is 0.332. The number of fused-ring (bicyclic) bond motifs is 1. The molecule has 6 nitrogen and oxygen atoms in total. The highest BCUT2D eigenvalue weighted by atomic mass is 32.2. The smallest absolute Gasteiger partial charge is 0.261 e. The molecule has 1 unspecified atom stereocenters. The number of aromatic nitrogens is 1. The van der Waals surface area contributed by atoms with Crippen molar-refractivity contribution in [1.82, 2.24) is 10.3 Å². The molecule has 1 aliphatic heterocycles. The van der Waals surface area contributed by atoms with E-state index in [0.29, 0.717) is 18.0 Å². The maximum atomic E-state index is 9.71. The molecule has 3 aromatic rings. The Bertz CT molecular complexity index is 1110.